The second-order valence-electron chi connectivity index (χ2n) is 2.46. The molecule has 0 heterocycles. The number of primary amides is 1. The first kappa shape index (κ1) is 13.5. The Morgan fingerprint density at radius 3 is 2.40 bits per heavy atom. The molecule has 1 rings (SSSR count). The summed E-state index contributed by atoms with van der Waals surface area (Å²) in [5, 5.41) is 0. The molecule has 0 aliphatic rings. The lowest BCUT2D eigenvalue weighted by molar-refractivity contribution is 0.163. The largest absolute Gasteiger partial charge is 0.450 e. The topological polar surface area (TPSA) is 52.3 Å². The molecule has 0 aromatic heterocycles. The van der Waals surface area contributed by atoms with Crippen LogP contribution in [0.2, 0.25) is 0 Å². The number of benzene rings is 1. The summed E-state index contributed by atoms with van der Waals surface area (Å²) in [5.41, 5.74) is 7.18. The molecule has 0 spiro atoms. The SMILES string of the molecule is CCOC(N)=O.ClC=Cc1ccccc1. The molecule has 15 heavy (non-hydrogen) atoms. The van der Waals surface area contributed by atoms with Gasteiger partial charge in [-0.2, -0.15) is 0 Å². The number of hydrogen-bond donors (Lipinski definition) is 1. The fourth-order valence-corrected chi connectivity index (χ4v) is 0.925. The van der Waals surface area contributed by atoms with E-state index in [1.165, 1.54) is 5.54 Å². The van der Waals surface area contributed by atoms with Crippen LogP contribution in [0.25, 0.3) is 6.08 Å². The van der Waals surface area contributed by atoms with Crippen LogP contribution in [0.1, 0.15) is 12.5 Å². The predicted molar refractivity (Wildman–Crippen MR) is 62.5 cm³/mol. The normalized spacial score (nSPS) is 9.20. The lowest BCUT2D eigenvalue weighted by Crippen LogP contribution is -2.11. The van der Waals surface area contributed by atoms with Crippen molar-refractivity contribution in [3.63, 3.8) is 0 Å². The Balaban J connectivity index is 0.000000288. The maximum atomic E-state index is 9.60. The van der Waals surface area contributed by atoms with Crippen molar-refractivity contribution in [2.24, 2.45) is 5.73 Å². The lowest BCUT2D eigenvalue weighted by Gasteiger charge is -1.89. The Kier molecular flexibility index (Phi) is 8.19. The van der Waals surface area contributed by atoms with Crippen LogP contribution in [0, 0.1) is 0 Å². The van der Waals surface area contributed by atoms with Crippen molar-refractivity contribution in [3.05, 3.63) is 41.4 Å². The zero-order valence-electron chi connectivity index (χ0n) is 8.52. The fraction of sp³-hybridized carbons (Fsp3) is 0.182. The number of hydrogen-bond acceptors (Lipinski definition) is 2. The molecule has 0 fully saturated rings. The average molecular weight is 228 g/mol. The van der Waals surface area contributed by atoms with Crippen LogP contribution in [-0.2, 0) is 4.74 Å². The van der Waals surface area contributed by atoms with E-state index in [2.05, 4.69) is 10.5 Å². The number of rotatable bonds is 2. The highest BCUT2D eigenvalue weighted by atomic mass is 35.5. The summed E-state index contributed by atoms with van der Waals surface area (Å²) in [6, 6.07) is 9.93. The van der Waals surface area contributed by atoms with E-state index >= 15 is 0 Å². The van der Waals surface area contributed by atoms with Crippen LogP contribution in [0.15, 0.2) is 35.9 Å². The first-order valence-corrected chi connectivity index (χ1v) is 4.88. The third kappa shape index (κ3) is 8.84. The van der Waals surface area contributed by atoms with Gasteiger partial charge in [0.2, 0.25) is 0 Å². The number of carbonyl (C=O) groups is 1. The van der Waals surface area contributed by atoms with E-state index in [0.29, 0.717) is 6.61 Å². The van der Waals surface area contributed by atoms with Gasteiger partial charge in [0.25, 0.3) is 0 Å². The molecule has 0 aliphatic carbocycles. The quantitative estimate of drug-likeness (QED) is 0.845. The highest BCUT2D eigenvalue weighted by Gasteiger charge is 1.82. The second-order valence-corrected chi connectivity index (χ2v) is 2.71. The molecule has 4 heteroatoms. The van der Waals surface area contributed by atoms with Gasteiger partial charge in [-0.25, -0.2) is 4.79 Å². The standard InChI is InChI=1S/C8H7Cl.C3H7NO2/c9-7-6-8-4-2-1-3-5-8;1-2-6-3(4)5/h1-7H;2H2,1H3,(H2,4,5). The Morgan fingerprint density at radius 2 is 2.07 bits per heavy atom. The van der Waals surface area contributed by atoms with E-state index < -0.39 is 6.09 Å². The summed E-state index contributed by atoms with van der Waals surface area (Å²) in [4.78, 5) is 9.60. The minimum Gasteiger partial charge on any atom is -0.450 e. The molecule has 82 valence electrons. The van der Waals surface area contributed by atoms with Crippen molar-refractivity contribution >= 4 is 23.8 Å². The first-order chi connectivity index (χ1) is 7.20. The van der Waals surface area contributed by atoms with Crippen LogP contribution < -0.4 is 5.73 Å². The van der Waals surface area contributed by atoms with Crippen molar-refractivity contribution in [1.29, 1.82) is 0 Å². The zero-order valence-corrected chi connectivity index (χ0v) is 9.28. The van der Waals surface area contributed by atoms with Gasteiger partial charge >= 0.3 is 6.09 Å². The summed E-state index contributed by atoms with van der Waals surface area (Å²) in [6.45, 7) is 2.06. The summed E-state index contributed by atoms with van der Waals surface area (Å²) in [5.74, 6) is 0. The molecule has 0 bridgehead atoms. The Bertz CT molecular complexity index is 299. The van der Waals surface area contributed by atoms with E-state index in [1.807, 2.05) is 36.4 Å². The monoisotopic (exact) mass is 227 g/mol. The van der Waals surface area contributed by atoms with E-state index in [0.717, 1.165) is 5.56 Å². The second kappa shape index (κ2) is 9.09. The molecule has 1 aromatic carbocycles. The number of carbonyl (C=O) groups excluding carboxylic acids is 1. The molecule has 0 aliphatic heterocycles. The molecule has 0 unspecified atom stereocenters. The average Bonchev–Trinajstić information content (AvgIpc) is 2.20. The van der Waals surface area contributed by atoms with Gasteiger partial charge in [0.1, 0.15) is 0 Å². The minimum absolute atomic E-state index is 0.356. The van der Waals surface area contributed by atoms with Gasteiger partial charge in [-0.3, -0.25) is 0 Å². The minimum atomic E-state index is -0.711. The molecule has 0 saturated carbocycles. The molecule has 1 amide bonds. The van der Waals surface area contributed by atoms with E-state index in [-0.39, 0.29) is 0 Å². The molecule has 3 nitrogen and oxygen atoms in total. The summed E-state index contributed by atoms with van der Waals surface area (Å²) in [7, 11) is 0. The Labute approximate surface area is 94.5 Å². The maximum absolute atomic E-state index is 9.60. The van der Waals surface area contributed by atoms with Crippen molar-refractivity contribution in [1.82, 2.24) is 0 Å². The summed E-state index contributed by atoms with van der Waals surface area (Å²) < 4.78 is 4.18. The third-order valence-corrected chi connectivity index (χ3v) is 1.47. The third-order valence-electron chi connectivity index (χ3n) is 1.34. The van der Waals surface area contributed by atoms with E-state index in [4.69, 9.17) is 11.6 Å². The molecule has 0 radical (unpaired) electrons. The highest BCUT2D eigenvalue weighted by Crippen LogP contribution is 2.00. The van der Waals surface area contributed by atoms with Crippen molar-refractivity contribution in [2.75, 3.05) is 6.61 Å². The molecule has 2 N–H and O–H groups in total. The van der Waals surface area contributed by atoms with E-state index in [1.54, 1.807) is 6.92 Å². The molecule has 1 aromatic rings. The number of ether oxygens (including phenoxy) is 1. The maximum Gasteiger partial charge on any atom is 0.404 e. The summed E-state index contributed by atoms with van der Waals surface area (Å²) >= 11 is 5.36. The van der Waals surface area contributed by atoms with Crippen LogP contribution in [0.3, 0.4) is 0 Å². The van der Waals surface area contributed by atoms with Gasteiger partial charge in [0.15, 0.2) is 0 Å². The van der Waals surface area contributed by atoms with Gasteiger partial charge in [-0.05, 0) is 18.6 Å². The van der Waals surface area contributed by atoms with Crippen LogP contribution >= 0.6 is 11.6 Å². The molecular weight excluding hydrogens is 214 g/mol. The number of nitrogens with two attached hydrogens (primary N) is 1. The Hall–Kier alpha value is -1.48. The van der Waals surface area contributed by atoms with Gasteiger partial charge < -0.3 is 10.5 Å². The molecule has 0 atom stereocenters. The van der Waals surface area contributed by atoms with Crippen molar-refractivity contribution < 1.29 is 9.53 Å². The van der Waals surface area contributed by atoms with Gasteiger partial charge in [-0.1, -0.05) is 41.9 Å². The Morgan fingerprint density at radius 1 is 1.47 bits per heavy atom. The van der Waals surface area contributed by atoms with Gasteiger partial charge in [-0.15, -0.1) is 0 Å². The molecule has 0 saturated heterocycles. The highest BCUT2D eigenvalue weighted by molar-refractivity contribution is 6.27. The first-order valence-electron chi connectivity index (χ1n) is 4.44. The van der Waals surface area contributed by atoms with Crippen LogP contribution in [0.5, 0.6) is 0 Å². The van der Waals surface area contributed by atoms with Crippen molar-refractivity contribution in [2.45, 2.75) is 6.92 Å². The number of halogens is 1. The van der Waals surface area contributed by atoms with Crippen LogP contribution in [-0.4, -0.2) is 12.7 Å². The van der Waals surface area contributed by atoms with E-state index in [9.17, 15) is 4.79 Å². The number of amides is 1. The van der Waals surface area contributed by atoms with Gasteiger partial charge in [0.05, 0.1) is 6.61 Å². The molecular formula is C11H14ClNO2. The van der Waals surface area contributed by atoms with Crippen LogP contribution in [0.4, 0.5) is 4.79 Å². The summed E-state index contributed by atoms with van der Waals surface area (Å²) in [6.07, 6.45) is 1.14. The van der Waals surface area contributed by atoms with Gasteiger partial charge in [0, 0.05) is 5.54 Å². The fourth-order valence-electron chi connectivity index (χ4n) is 0.779. The smallest absolute Gasteiger partial charge is 0.404 e. The van der Waals surface area contributed by atoms with Crippen molar-refractivity contribution in [3.8, 4) is 0 Å². The lowest BCUT2D eigenvalue weighted by atomic mass is 10.2. The predicted octanol–water partition coefficient (Wildman–Crippen LogP) is 3.00. The zero-order chi connectivity index (χ0) is 11.5.